The van der Waals surface area contributed by atoms with Crippen molar-refractivity contribution < 1.29 is 9.53 Å². The molecule has 1 fully saturated rings. The third-order valence-electron chi connectivity index (χ3n) is 5.60. The quantitative estimate of drug-likeness (QED) is 0.567. The smallest absolute Gasteiger partial charge is 0.252 e. The lowest BCUT2D eigenvalue weighted by atomic mass is 9.77. The number of carbonyl (C=O) groups is 1. The number of benzene rings is 1. The number of nitrogens with zero attached hydrogens (tertiary/aromatic N) is 2. The predicted octanol–water partition coefficient (Wildman–Crippen LogP) is 3.41. The predicted molar refractivity (Wildman–Crippen MR) is 122 cm³/mol. The van der Waals surface area contributed by atoms with E-state index in [1.54, 1.807) is 0 Å². The lowest BCUT2D eigenvalue weighted by Crippen LogP contribution is -2.40. The molecule has 1 aliphatic heterocycles. The maximum Gasteiger partial charge on any atom is 0.252 e. The van der Waals surface area contributed by atoms with Crippen LogP contribution in [0.3, 0.4) is 0 Å². The van der Waals surface area contributed by atoms with Crippen LogP contribution in [0.2, 0.25) is 0 Å². The summed E-state index contributed by atoms with van der Waals surface area (Å²) in [7, 11) is 0. The molecule has 4 rings (SSSR count). The van der Waals surface area contributed by atoms with Gasteiger partial charge in [-0.05, 0) is 43.0 Å². The number of anilines is 3. The summed E-state index contributed by atoms with van der Waals surface area (Å²) in [6, 6.07) is 4.00. The SMILES string of the molecule is C.Cc1cc(Nc2ncnc(N)c2OCCN)cc2c1C(=O)NC21CCCCC1.Cl. The largest absolute Gasteiger partial charge is 0.485 e. The van der Waals surface area contributed by atoms with Crippen LogP contribution < -0.4 is 26.8 Å². The molecule has 0 atom stereocenters. The molecule has 0 saturated heterocycles. The van der Waals surface area contributed by atoms with Crippen LogP contribution in [0.4, 0.5) is 17.3 Å². The first-order chi connectivity index (χ1) is 13.5. The second-order valence-corrected chi connectivity index (χ2v) is 7.51. The molecule has 0 unspecified atom stereocenters. The third kappa shape index (κ3) is 4.15. The van der Waals surface area contributed by atoms with Crippen molar-refractivity contribution in [3.05, 3.63) is 35.2 Å². The molecule has 9 heteroatoms. The van der Waals surface area contributed by atoms with Crippen LogP contribution in [-0.2, 0) is 5.54 Å². The zero-order valence-corrected chi connectivity index (χ0v) is 17.3. The van der Waals surface area contributed by atoms with Gasteiger partial charge in [0.1, 0.15) is 12.9 Å². The molecule has 1 spiro atoms. The third-order valence-corrected chi connectivity index (χ3v) is 5.60. The second kappa shape index (κ2) is 9.49. The summed E-state index contributed by atoms with van der Waals surface area (Å²) in [5.41, 5.74) is 14.9. The van der Waals surface area contributed by atoms with Gasteiger partial charge in [-0.1, -0.05) is 26.7 Å². The van der Waals surface area contributed by atoms with Crippen LogP contribution in [0, 0.1) is 6.92 Å². The van der Waals surface area contributed by atoms with Crippen LogP contribution in [-0.4, -0.2) is 29.0 Å². The summed E-state index contributed by atoms with van der Waals surface area (Å²) >= 11 is 0. The summed E-state index contributed by atoms with van der Waals surface area (Å²) in [5.74, 6) is 1.14. The van der Waals surface area contributed by atoms with E-state index in [0.29, 0.717) is 24.7 Å². The molecule has 2 heterocycles. The minimum Gasteiger partial charge on any atom is -0.485 e. The molecule has 30 heavy (non-hydrogen) atoms. The zero-order chi connectivity index (χ0) is 19.7. The Kier molecular flexibility index (Phi) is 7.49. The number of rotatable bonds is 5. The monoisotopic (exact) mass is 434 g/mol. The molecule has 2 aliphatic rings. The number of nitrogen functional groups attached to an aromatic ring is 1. The molecule has 1 aliphatic carbocycles. The Balaban J connectivity index is 0.00000160. The number of ether oxygens (including phenoxy) is 1. The maximum absolute atomic E-state index is 12.6. The van der Waals surface area contributed by atoms with E-state index in [1.807, 2.05) is 13.0 Å². The number of hydrogen-bond donors (Lipinski definition) is 4. The standard InChI is InChI=1S/C20H26N6O2.CH4.ClH/c1-12-9-13(25-18-16(28-8-7-21)17(22)23-11-24-18)10-14-15(12)19(27)26-20(14)5-3-2-4-6-20;;/h9-11H,2-8,21H2,1H3,(H,26,27)(H3,22,23,24,25);1H4;1H. The van der Waals surface area contributed by atoms with Gasteiger partial charge in [0.05, 0.1) is 5.54 Å². The summed E-state index contributed by atoms with van der Waals surface area (Å²) in [5, 5.41) is 6.56. The molecule has 164 valence electrons. The number of nitrogens with two attached hydrogens (primary N) is 2. The van der Waals surface area contributed by atoms with Crippen molar-refractivity contribution >= 4 is 35.6 Å². The number of amides is 1. The number of aryl methyl sites for hydroxylation is 1. The van der Waals surface area contributed by atoms with Crippen molar-refractivity contribution in [2.24, 2.45) is 5.73 Å². The summed E-state index contributed by atoms with van der Waals surface area (Å²) in [6.07, 6.45) is 6.79. The molecule has 1 saturated carbocycles. The maximum atomic E-state index is 12.6. The highest BCUT2D eigenvalue weighted by molar-refractivity contribution is 6.02. The van der Waals surface area contributed by atoms with Crippen LogP contribution in [0.15, 0.2) is 18.5 Å². The Bertz CT molecular complexity index is 915. The van der Waals surface area contributed by atoms with Gasteiger partial charge in [0.25, 0.3) is 5.91 Å². The summed E-state index contributed by atoms with van der Waals surface area (Å²) in [4.78, 5) is 20.9. The van der Waals surface area contributed by atoms with Gasteiger partial charge in [-0.3, -0.25) is 4.79 Å². The second-order valence-electron chi connectivity index (χ2n) is 7.51. The topological polar surface area (TPSA) is 128 Å². The van der Waals surface area contributed by atoms with Gasteiger partial charge < -0.3 is 26.8 Å². The zero-order valence-electron chi connectivity index (χ0n) is 16.5. The number of nitrogens with one attached hydrogen (secondary N) is 2. The molecule has 1 amide bonds. The van der Waals surface area contributed by atoms with Crippen molar-refractivity contribution in [1.82, 2.24) is 15.3 Å². The van der Waals surface area contributed by atoms with Crippen LogP contribution in [0.5, 0.6) is 5.75 Å². The highest BCUT2D eigenvalue weighted by Crippen LogP contribution is 2.45. The number of carbonyl (C=O) groups excluding carboxylic acids is 1. The van der Waals surface area contributed by atoms with E-state index >= 15 is 0 Å². The summed E-state index contributed by atoms with van der Waals surface area (Å²) < 4.78 is 5.64. The Morgan fingerprint density at radius 3 is 2.67 bits per heavy atom. The average Bonchev–Trinajstić information content (AvgIpc) is 2.93. The van der Waals surface area contributed by atoms with Crippen molar-refractivity contribution in [3.63, 3.8) is 0 Å². The van der Waals surface area contributed by atoms with Crippen molar-refractivity contribution in [2.45, 2.75) is 52.0 Å². The van der Waals surface area contributed by atoms with E-state index in [9.17, 15) is 4.79 Å². The fourth-order valence-electron chi connectivity index (χ4n) is 4.35. The van der Waals surface area contributed by atoms with E-state index in [2.05, 4.69) is 26.7 Å². The van der Waals surface area contributed by atoms with E-state index in [-0.39, 0.29) is 37.1 Å². The van der Waals surface area contributed by atoms with E-state index in [0.717, 1.165) is 48.1 Å². The molecule has 0 bridgehead atoms. The van der Waals surface area contributed by atoms with E-state index < -0.39 is 0 Å². The molecule has 1 aromatic carbocycles. The Hall–Kier alpha value is -2.58. The lowest BCUT2D eigenvalue weighted by molar-refractivity contribution is 0.0909. The summed E-state index contributed by atoms with van der Waals surface area (Å²) in [6.45, 7) is 2.64. The Labute approximate surface area is 183 Å². The number of halogens is 1. The molecule has 2 aromatic rings. The molecule has 6 N–H and O–H groups in total. The fourth-order valence-corrected chi connectivity index (χ4v) is 4.35. The molecular weight excluding hydrogens is 404 g/mol. The van der Waals surface area contributed by atoms with Gasteiger partial charge in [-0.15, -0.1) is 12.4 Å². The minimum absolute atomic E-state index is 0. The van der Waals surface area contributed by atoms with Gasteiger partial charge in [0.2, 0.25) is 5.75 Å². The van der Waals surface area contributed by atoms with Crippen LogP contribution in [0.1, 0.15) is 61.0 Å². The average molecular weight is 435 g/mol. The fraction of sp³-hybridized carbons (Fsp3) is 0.476. The van der Waals surface area contributed by atoms with Gasteiger partial charge in [-0.2, -0.15) is 0 Å². The normalized spacial score (nSPS) is 16.1. The minimum atomic E-state index is -0.253. The first-order valence-corrected chi connectivity index (χ1v) is 9.72. The first-order valence-electron chi connectivity index (χ1n) is 9.72. The highest BCUT2D eigenvalue weighted by atomic mass is 35.5. The van der Waals surface area contributed by atoms with E-state index in [1.165, 1.54) is 12.7 Å². The van der Waals surface area contributed by atoms with Crippen molar-refractivity contribution in [1.29, 1.82) is 0 Å². The lowest BCUT2D eigenvalue weighted by Gasteiger charge is -2.34. The molecular formula is C21H31ClN6O2. The van der Waals surface area contributed by atoms with Crippen molar-refractivity contribution in [3.8, 4) is 5.75 Å². The van der Waals surface area contributed by atoms with Gasteiger partial charge in [0, 0.05) is 17.8 Å². The van der Waals surface area contributed by atoms with Gasteiger partial charge in [-0.25, -0.2) is 9.97 Å². The number of hydrogen-bond acceptors (Lipinski definition) is 7. The van der Waals surface area contributed by atoms with Crippen molar-refractivity contribution in [2.75, 3.05) is 24.2 Å². The van der Waals surface area contributed by atoms with Gasteiger partial charge >= 0.3 is 0 Å². The highest BCUT2D eigenvalue weighted by Gasteiger charge is 2.44. The van der Waals surface area contributed by atoms with Crippen LogP contribution >= 0.6 is 12.4 Å². The van der Waals surface area contributed by atoms with E-state index in [4.69, 9.17) is 16.2 Å². The molecule has 1 aromatic heterocycles. The first kappa shape index (κ1) is 23.7. The Morgan fingerprint density at radius 2 is 1.97 bits per heavy atom. The van der Waals surface area contributed by atoms with Gasteiger partial charge in [0.15, 0.2) is 11.6 Å². The number of fused-ring (bicyclic) bond motifs is 2. The molecule has 0 radical (unpaired) electrons. The van der Waals surface area contributed by atoms with Crippen LogP contribution in [0.25, 0.3) is 0 Å². The Morgan fingerprint density at radius 1 is 1.23 bits per heavy atom. The molecule has 8 nitrogen and oxygen atoms in total. The number of aromatic nitrogens is 2.